The molecule has 0 heterocycles. The molecule has 0 aliphatic carbocycles. The van der Waals surface area contributed by atoms with Crippen LogP contribution >= 0.6 is 0 Å². The molecule has 4 heteroatoms. The third-order valence-electron chi connectivity index (χ3n) is 5.45. The lowest BCUT2D eigenvalue weighted by molar-refractivity contribution is 0.342. The Morgan fingerprint density at radius 1 is 0.706 bits per heavy atom. The number of hydrogen-bond acceptors (Lipinski definition) is 1. The summed E-state index contributed by atoms with van der Waals surface area (Å²) in [7, 11) is 0. The predicted molar refractivity (Wildman–Crippen MR) is 133 cm³/mol. The molecule has 0 bridgehead atoms. The molecule has 0 saturated heterocycles. The van der Waals surface area contributed by atoms with E-state index < -0.39 is 17.5 Å². The molecule has 0 amide bonds. The van der Waals surface area contributed by atoms with Gasteiger partial charge in [0.2, 0.25) is 0 Å². The molecule has 4 aromatic rings. The Labute approximate surface area is 197 Å². The van der Waals surface area contributed by atoms with Crippen molar-refractivity contribution in [3.05, 3.63) is 126 Å². The Kier molecular flexibility index (Phi) is 6.98. The summed E-state index contributed by atoms with van der Waals surface area (Å²) < 4.78 is 49.1. The van der Waals surface area contributed by atoms with Crippen molar-refractivity contribution in [2.75, 3.05) is 6.61 Å². The van der Waals surface area contributed by atoms with Crippen LogP contribution in [0.3, 0.4) is 0 Å². The lowest BCUT2D eigenvalue weighted by Gasteiger charge is -2.10. The molecule has 0 radical (unpaired) electrons. The van der Waals surface area contributed by atoms with Crippen molar-refractivity contribution in [2.24, 2.45) is 0 Å². The third kappa shape index (κ3) is 5.12. The van der Waals surface area contributed by atoms with E-state index in [4.69, 9.17) is 4.74 Å². The molecule has 0 fully saturated rings. The Balaban J connectivity index is 1.52. The van der Waals surface area contributed by atoms with Gasteiger partial charge < -0.3 is 4.74 Å². The molecule has 0 N–H and O–H groups in total. The van der Waals surface area contributed by atoms with Gasteiger partial charge in [-0.1, -0.05) is 97.1 Å². The fraction of sp³-hybridized carbons (Fsp3) is 0.0667. The van der Waals surface area contributed by atoms with Gasteiger partial charge in [0, 0.05) is 11.1 Å². The minimum absolute atomic E-state index is 0.170. The fourth-order valence-electron chi connectivity index (χ4n) is 3.58. The van der Waals surface area contributed by atoms with Crippen molar-refractivity contribution in [3.63, 3.8) is 0 Å². The van der Waals surface area contributed by atoms with Crippen LogP contribution in [0, 0.1) is 24.4 Å². The molecule has 0 aromatic heterocycles. The van der Waals surface area contributed by atoms with Crippen LogP contribution in [0.25, 0.3) is 34.4 Å². The molecular formula is C30H23F3O. The largest absolute Gasteiger partial charge is 0.486 e. The zero-order valence-electron chi connectivity index (χ0n) is 18.7. The predicted octanol–water partition coefficient (Wildman–Crippen LogP) is 8.48. The highest BCUT2D eigenvalue weighted by atomic mass is 19.2. The molecule has 34 heavy (non-hydrogen) atoms. The van der Waals surface area contributed by atoms with E-state index in [1.54, 1.807) is 72.8 Å². The van der Waals surface area contributed by atoms with E-state index in [0.29, 0.717) is 16.7 Å². The van der Waals surface area contributed by atoms with E-state index in [1.807, 2.05) is 25.1 Å². The molecule has 0 unspecified atom stereocenters. The van der Waals surface area contributed by atoms with Gasteiger partial charge in [0.1, 0.15) is 6.61 Å². The van der Waals surface area contributed by atoms with Gasteiger partial charge in [-0.3, -0.25) is 0 Å². The van der Waals surface area contributed by atoms with E-state index in [1.165, 1.54) is 6.07 Å². The van der Waals surface area contributed by atoms with Crippen LogP contribution in [0.15, 0.2) is 91.5 Å². The van der Waals surface area contributed by atoms with Crippen LogP contribution in [0.5, 0.6) is 5.75 Å². The second kappa shape index (κ2) is 10.3. The standard InChI is InChI=1S/C30H23F3O/c1-3-18-34-28-17-10-22(19-27(28)31)7-6-21-8-13-24(14-9-21)26-16-15-25(29(32)30(26)33)23-11-4-20(2)5-12-23/h3-17,19H,1,18H2,2H3/b7-6+. The molecule has 4 aromatic carbocycles. The highest BCUT2D eigenvalue weighted by Crippen LogP contribution is 2.32. The molecule has 170 valence electrons. The van der Waals surface area contributed by atoms with E-state index in [2.05, 4.69) is 6.58 Å². The van der Waals surface area contributed by atoms with Crippen LogP contribution in [-0.4, -0.2) is 6.61 Å². The molecule has 0 aliphatic rings. The smallest absolute Gasteiger partial charge is 0.167 e. The lowest BCUT2D eigenvalue weighted by Crippen LogP contribution is -1.95. The summed E-state index contributed by atoms with van der Waals surface area (Å²) in [6, 6.07) is 22.3. The number of ether oxygens (including phenoxy) is 1. The third-order valence-corrected chi connectivity index (χ3v) is 5.45. The van der Waals surface area contributed by atoms with Crippen LogP contribution in [-0.2, 0) is 0 Å². The Morgan fingerprint density at radius 2 is 1.24 bits per heavy atom. The number of aryl methyl sites for hydroxylation is 1. The van der Waals surface area contributed by atoms with Crippen LogP contribution in [0.4, 0.5) is 13.2 Å². The Bertz CT molecular complexity index is 1340. The highest BCUT2D eigenvalue weighted by Gasteiger charge is 2.15. The van der Waals surface area contributed by atoms with E-state index >= 15 is 0 Å². The molecule has 1 nitrogen and oxygen atoms in total. The van der Waals surface area contributed by atoms with Crippen LogP contribution < -0.4 is 4.74 Å². The first kappa shape index (κ1) is 23.1. The maximum absolute atomic E-state index is 14.9. The summed E-state index contributed by atoms with van der Waals surface area (Å²) in [4.78, 5) is 0. The quantitative estimate of drug-likeness (QED) is 0.200. The van der Waals surface area contributed by atoms with Gasteiger partial charge in [-0.2, -0.15) is 0 Å². The molecule has 0 saturated carbocycles. The van der Waals surface area contributed by atoms with Gasteiger partial charge in [-0.25, -0.2) is 13.2 Å². The minimum Gasteiger partial charge on any atom is -0.486 e. The van der Waals surface area contributed by atoms with Crippen molar-refractivity contribution in [3.8, 4) is 28.0 Å². The number of halogens is 3. The molecule has 0 spiro atoms. The van der Waals surface area contributed by atoms with E-state index in [0.717, 1.165) is 11.1 Å². The summed E-state index contributed by atoms with van der Waals surface area (Å²) >= 11 is 0. The average molecular weight is 457 g/mol. The van der Waals surface area contributed by atoms with Crippen molar-refractivity contribution < 1.29 is 17.9 Å². The monoisotopic (exact) mass is 456 g/mol. The maximum Gasteiger partial charge on any atom is 0.167 e. The second-order valence-electron chi connectivity index (χ2n) is 7.90. The van der Waals surface area contributed by atoms with Crippen LogP contribution in [0.2, 0.25) is 0 Å². The van der Waals surface area contributed by atoms with Gasteiger partial charge in [-0.05, 0) is 41.3 Å². The maximum atomic E-state index is 14.9. The molecule has 0 aliphatic heterocycles. The van der Waals surface area contributed by atoms with Gasteiger partial charge >= 0.3 is 0 Å². The van der Waals surface area contributed by atoms with Crippen molar-refractivity contribution >= 4 is 12.2 Å². The highest BCUT2D eigenvalue weighted by molar-refractivity contribution is 5.74. The Morgan fingerprint density at radius 3 is 1.79 bits per heavy atom. The van der Waals surface area contributed by atoms with Gasteiger partial charge in [0.05, 0.1) is 0 Å². The Hall–Kier alpha value is -4.05. The lowest BCUT2D eigenvalue weighted by atomic mass is 9.97. The van der Waals surface area contributed by atoms with Crippen LogP contribution in [0.1, 0.15) is 16.7 Å². The summed E-state index contributed by atoms with van der Waals surface area (Å²) in [5.41, 5.74) is 4.19. The number of benzene rings is 4. The van der Waals surface area contributed by atoms with Gasteiger partial charge in [-0.15, -0.1) is 0 Å². The normalized spacial score (nSPS) is 11.1. The number of hydrogen-bond donors (Lipinski definition) is 0. The summed E-state index contributed by atoms with van der Waals surface area (Å²) in [5, 5.41) is 0. The van der Waals surface area contributed by atoms with Crippen molar-refractivity contribution in [1.82, 2.24) is 0 Å². The first-order valence-electron chi connectivity index (χ1n) is 10.8. The molecule has 0 atom stereocenters. The second-order valence-corrected chi connectivity index (χ2v) is 7.90. The topological polar surface area (TPSA) is 9.23 Å². The number of rotatable bonds is 7. The molecular weight excluding hydrogens is 433 g/mol. The summed E-state index contributed by atoms with van der Waals surface area (Å²) in [6.07, 6.45) is 5.14. The first-order valence-corrected chi connectivity index (χ1v) is 10.8. The SMILES string of the molecule is C=CCOc1ccc(/C=C/c2ccc(-c3ccc(-c4ccc(C)cc4)c(F)c3F)cc2)cc1F. The van der Waals surface area contributed by atoms with Gasteiger partial charge in [0.25, 0.3) is 0 Å². The van der Waals surface area contributed by atoms with Crippen molar-refractivity contribution in [1.29, 1.82) is 0 Å². The molecule has 4 rings (SSSR count). The zero-order valence-corrected chi connectivity index (χ0v) is 18.7. The summed E-state index contributed by atoms with van der Waals surface area (Å²) in [5.74, 6) is -2.03. The van der Waals surface area contributed by atoms with E-state index in [9.17, 15) is 13.2 Å². The van der Waals surface area contributed by atoms with E-state index in [-0.39, 0.29) is 23.5 Å². The fourth-order valence-corrected chi connectivity index (χ4v) is 3.58. The summed E-state index contributed by atoms with van der Waals surface area (Å²) in [6.45, 7) is 5.72. The van der Waals surface area contributed by atoms with Gasteiger partial charge in [0.15, 0.2) is 23.2 Å². The minimum atomic E-state index is -0.879. The zero-order chi connectivity index (χ0) is 24.1. The van der Waals surface area contributed by atoms with Crippen molar-refractivity contribution in [2.45, 2.75) is 6.92 Å². The first-order chi connectivity index (χ1) is 16.5. The average Bonchev–Trinajstić information content (AvgIpc) is 2.85.